The molecule has 0 aliphatic carbocycles. The third-order valence-electron chi connectivity index (χ3n) is 1.74. The molecule has 0 saturated carbocycles. The van der Waals surface area contributed by atoms with Gasteiger partial charge in [-0.15, -0.1) is 0 Å². The Morgan fingerprint density at radius 1 is 1.56 bits per heavy atom. The van der Waals surface area contributed by atoms with E-state index in [4.69, 9.17) is 4.74 Å². The van der Waals surface area contributed by atoms with E-state index in [0.29, 0.717) is 5.69 Å². The van der Waals surface area contributed by atoms with Crippen LogP contribution < -0.4 is 0 Å². The average molecular weight is 220 g/mol. The van der Waals surface area contributed by atoms with Gasteiger partial charge in [0.1, 0.15) is 11.3 Å². The zero-order valence-electron chi connectivity index (χ0n) is 10.0. The number of aryl methyl sites for hydroxylation is 1. The Kier molecular flexibility index (Phi) is 3.73. The summed E-state index contributed by atoms with van der Waals surface area (Å²) in [7, 11) is 0. The van der Waals surface area contributed by atoms with Crippen molar-refractivity contribution in [3.8, 4) is 11.8 Å². The topological polar surface area (TPSA) is 55.0 Å². The van der Waals surface area contributed by atoms with Gasteiger partial charge in [0, 0.05) is 5.92 Å². The van der Waals surface area contributed by atoms with Crippen molar-refractivity contribution in [1.29, 1.82) is 0 Å². The number of aromatic amines is 1. The maximum atomic E-state index is 11.3. The number of nitrogens with zero attached hydrogens (tertiary/aromatic N) is 1. The fraction of sp³-hybridized carbons (Fsp3) is 0.500. The number of H-pyrrole nitrogens is 1. The van der Waals surface area contributed by atoms with Crippen molar-refractivity contribution in [1.82, 2.24) is 9.97 Å². The molecule has 0 aliphatic rings. The second-order valence-electron chi connectivity index (χ2n) is 4.33. The fourth-order valence-corrected chi connectivity index (χ4v) is 1.12. The van der Waals surface area contributed by atoms with Crippen molar-refractivity contribution in [2.45, 2.75) is 39.7 Å². The van der Waals surface area contributed by atoms with E-state index in [9.17, 15) is 4.79 Å². The van der Waals surface area contributed by atoms with Crippen molar-refractivity contribution >= 4 is 5.97 Å². The van der Waals surface area contributed by atoms with Crippen molar-refractivity contribution in [3.63, 3.8) is 0 Å². The van der Waals surface area contributed by atoms with Gasteiger partial charge in [0.15, 0.2) is 0 Å². The molecule has 0 saturated heterocycles. The Morgan fingerprint density at radius 3 is 2.81 bits per heavy atom. The van der Waals surface area contributed by atoms with Crippen LogP contribution in [0, 0.1) is 11.8 Å². The molecule has 1 rings (SSSR count). The fourth-order valence-electron chi connectivity index (χ4n) is 1.12. The van der Waals surface area contributed by atoms with Gasteiger partial charge in [-0.1, -0.05) is 6.92 Å². The Morgan fingerprint density at radius 2 is 2.25 bits per heavy atom. The summed E-state index contributed by atoms with van der Waals surface area (Å²) in [5, 5.41) is 0. The third-order valence-corrected chi connectivity index (χ3v) is 1.74. The van der Waals surface area contributed by atoms with Gasteiger partial charge in [0.05, 0.1) is 12.0 Å². The summed E-state index contributed by atoms with van der Waals surface area (Å²) in [6, 6.07) is 0. The van der Waals surface area contributed by atoms with Gasteiger partial charge in [-0.3, -0.25) is 0 Å². The van der Waals surface area contributed by atoms with Crippen molar-refractivity contribution in [3.05, 3.63) is 17.7 Å². The molecule has 0 spiro atoms. The average Bonchev–Trinajstić information content (AvgIpc) is 2.59. The molecule has 0 amide bonds. The van der Waals surface area contributed by atoms with E-state index in [1.165, 1.54) is 0 Å². The van der Waals surface area contributed by atoms with Crippen LogP contribution in [0.5, 0.6) is 0 Å². The second-order valence-corrected chi connectivity index (χ2v) is 4.33. The summed E-state index contributed by atoms with van der Waals surface area (Å²) in [5.41, 5.74) is 1.03. The summed E-state index contributed by atoms with van der Waals surface area (Å²) in [4.78, 5) is 18.3. The van der Waals surface area contributed by atoms with E-state index in [2.05, 4.69) is 21.8 Å². The van der Waals surface area contributed by atoms with Crippen LogP contribution in [-0.4, -0.2) is 21.5 Å². The molecule has 16 heavy (non-hydrogen) atoms. The molecule has 0 radical (unpaired) electrons. The third kappa shape index (κ3) is 3.77. The highest BCUT2D eigenvalue weighted by Crippen LogP contribution is 2.06. The molecule has 4 nitrogen and oxygen atoms in total. The van der Waals surface area contributed by atoms with Crippen LogP contribution in [-0.2, 0) is 16.0 Å². The van der Waals surface area contributed by atoms with Crippen molar-refractivity contribution in [2.75, 3.05) is 0 Å². The summed E-state index contributed by atoms with van der Waals surface area (Å²) in [6.07, 6.45) is 2.35. The molecule has 1 N–H and O–H groups in total. The normalized spacial score (nSPS) is 10.5. The van der Waals surface area contributed by atoms with Crippen LogP contribution >= 0.6 is 0 Å². The number of aromatic nitrogens is 2. The number of carbonyl (C=O) groups is 1. The number of carbonyl (C=O) groups excluding carboxylic acids is 1. The standard InChI is InChI=1S/C12H16N2O2/c1-5-9-10(14-8-13-9)6-7-11(15)16-12(2,3)4/h8H,5H2,1-4H3,(H,13,14). The molecule has 0 aliphatic heterocycles. The van der Waals surface area contributed by atoms with Gasteiger partial charge in [-0.25, -0.2) is 9.78 Å². The number of hydrogen-bond acceptors (Lipinski definition) is 3. The minimum Gasteiger partial charge on any atom is -0.450 e. The van der Waals surface area contributed by atoms with E-state index in [1.807, 2.05) is 6.92 Å². The van der Waals surface area contributed by atoms with Gasteiger partial charge < -0.3 is 9.72 Å². The monoisotopic (exact) mass is 220 g/mol. The van der Waals surface area contributed by atoms with Crippen molar-refractivity contribution < 1.29 is 9.53 Å². The first-order valence-corrected chi connectivity index (χ1v) is 5.19. The van der Waals surface area contributed by atoms with Gasteiger partial charge in [-0.05, 0) is 33.1 Å². The highest BCUT2D eigenvalue weighted by Gasteiger charge is 2.14. The predicted molar refractivity (Wildman–Crippen MR) is 60.7 cm³/mol. The summed E-state index contributed by atoms with van der Waals surface area (Å²) >= 11 is 0. The lowest BCUT2D eigenvalue weighted by atomic mass is 10.2. The molecule has 0 aromatic carbocycles. The molecule has 0 atom stereocenters. The minimum atomic E-state index is -0.524. The zero-order valence-corrected chi connectivity index (χ0v) is 10.0. The van der Waals surface area contributed by atoms with Crippen LogP contribution in [0.25, 0.3) is 0 Å². The number of hydrogen-bond donors (Lipinski definition) is 1. The minimum absolute atomic E-state index is 0.507. The Balaban J connectivity index is 2.71. The van der Waals surface area contributed by atoms with Gasteiger partial charge >= 0.3 is 5.97 Å². The van der Waals surface area contributed by atoms with Gasteiger partial charge in [0.25, 0.3) is 0 Å². The summed E-state index contributed by atoms with van der Waals surface area (Å²) < 4.78 is 5.06. The molecule has 1 aromatic rings. The molecular formula is C12H16N2O2. The second kappa shape index (κ2) is 4.84. The van der Waals surface area contributed by atoms with Crippen LogP contribution in [0.4, 0.5) is 0 Å². The molecule has 86 valence electrons. The highest BCUT2D eigenvalue weighted by molar-refractivity contribution is 5.89. The maximum absolute atomic E-state index is 11.3. The zero-order chi connectivity index (χ0) is 12.2. The molecule has 4 heteroatoms. The van der Waals surface area contributed by atoms with Crippen LogP contribution in [0.15, 0.2) is 6.33 Å². The van der Waals surface area contributed by atoms with E-state index in [0.717, 1.165) is 12.1 Å². The SMILES string of the molecule is CCc1nc[nH]c1C#CC(=O)OC(C)(C)C. The Hall–Kier alpha value is -1.76. The van der Waals surface area contributed by atoms with Crippen molar-refractivity contribution in [2.24, 2.45) is 0 Å². The van der Waals surface area contributed by atoms with E-state index >= 15 is 0 Å². The largest absolute Gasteiger partial charge is 0.450 e. The number of ether oxygens (including phenoxy) is 1. The lowest BCUT2D eigenvalue weighted by Crippen LogP contribution is -2.22. The number of imidazole rings is 1. The van der Waals surface area contributed by atoms with Gasteiger partial charge in [-0.2, -0.15) is 0 Å². The van der Waals surface area contributed by atoms with Crippen LogP contribution in [0.3, 0.4) is 0 Å². The number of nitrogens with one attached hydrogen (secondary N) is 1. The van der Waals surface area contributed by atoms with E-state index in [-0.39, 0.29) is 0 Å². The summed E-state index contributed by atoms with van der Waals surface area (Å²) in [5.74, 6) is 4.63. The smallest absolute Gasteiger partial charge is 0.385 e. The molecule has 1 aromatic heterocycles. The summed E-state index contributed by atoms with van der Waals surface area (Å²) in [6.45, 7) is 7.40. The Labute approximate surface area is 95.4 Å². The first-order chi connectivity index (χ1) is 7.42. The molecule has 1 heterocycles. The van der Waals surface area contributed by atoms with Gasteiger partial charge in [0.2, 0.25) is 0 Å². The quantitative estimate of drug-likeness (QED) is 0.578. The molecule has 0 bridgehead atoms. The lowest BCUT2D eigenvalue weighted by molar-refractivity contribution is -0.147. The molecule has 0 fully saturated rings. The van der Waals surface area contributed by atoms with E-state index in [1.54, 1.807) is 27.1 Å². The molecular weight excluding hydrogens is 204 g/mol. The first-order valence-electron chi connectivity index (χ1n) is 5.19. The predicted octanol–water partition coefficient (Wildman–Crippen LogP) is 1.67. The highest BCUT2D eigenvalue weighted by atomic mass is 16.6. The lowest BCUT2D eigenvalue weighted by Gasteiger charge is -2.16. The van der Waals surface area contributed by atoms with Crippen LogP contribution in [0.2, 0.25) is 0 Å². The van der Waals surface area contributed by atoms with E-state index < -0.39 is 11.6 Å². The Bertz CT molecular complexity index is 430. The number of rotatable bonds is 1. The molecule has 0 unspecified atom stereocenters. The first kappa shape index (κ1) is 12.3. The van der Waals surface area contributed by atoms with Crippen LogP contribution in [0.1, 0.15) is 39.1 Å². The number of esters is 1. The maximum Gasteiger partial charge on any atom is 0.385 e.